The lowest BCUT2D eigenvalue weighted by Crippen LogP contribution is -2.29. The van der Waals surface area contributed by atoms with Crippen molar-refractivity contribution in [3.05, 3.63) is 96.1 Å². The molecular weight excluding hydrogens is 717 g/mol. The third kappa shape index (κ3) is 9.58. The van der Waals surface area contributed by atoms with Crippen molar-refractivity contribution in [1.82, 2.24) is 0 Å². The van der Waals surface area contributed by atoms with Gasteiger partial charge in [0.15, 0.2) is 23.0 Å². The molecule has 0 aliphatic heterocycles. The van der Waals surface area contributed by atoms with Crippen LogP contribution in [0.1, 0.15) is 25.0 Å². The van der Waals surface area contributed by atoms with E-state index in [1.807, 2.05) is 0 Å². The molecule has 4 aromatic rings. The summed E-state index contributed by atoms with van der Waals surface area (Å²) in [4.78, 5) is 48.4. The molecule has 2 amide bonds. The second kappa shape index (κ2) is 15.9. The van der Waals surface area contributed by atoms with E-state index in [-0.39, 0.29) is 33.6 Å². The average molecular weight is 749 g/mol. The van der Waals surface area contributed by atoms with Crippen molar-refractivity contribution in [2.75, 3.05) is 21.5 Å². The van der Waals surface area contributed by atoms with Crippen LogP contribution in [0.4, 0.5) is 22.7 Å². The van der Waals surface area contributed by atoms with Gasteiger partial charge in [0.2, 0.25) is 0 Å². The van der Waals surface area contributed by atoms with Crippen LogP contribution in [0.5, 0.6) is 0 Å². The van der Waals surface area contributed by atoms with E-state index in [0.29, 0.717) is 11.4 Å². The lowest BCUT2D eigenvalue weighted by atomic mass is 9.99. The lowest BCUT2D eigenvalue weighted by Gasteiger charge is -2.17. The quantitative estimate of drug-likeness (QED) is 0.0480. The Kier molecular flexibility index (Phi) is 11.8. The van der Waals surface area contributed by atoms with Crippen LogP contribution in [0.25, 0.3) is 11.1 Å². The molecule has 0 saturated heterocycles. The maximum Gasteiger partial charge on any atom is 0.295 e. The number of nitrogens with zero attached hydrogens (tertiary/aromatic N) is 2. The van der Waals surface area contributed by atoms with E-state index in [0.717, 1.165) is 26.0 Å². The van der Waals surface area contributed by atoms with Crippen LogP contribution in [0.15, 0.2) is 105 Å². The van der Waals surface area contributed by atoms with Crippen molar-refractivity contribution < 1.29 is 45.1 Å². The Morgan fingerprint density at radius 2 is 0.885 bits per heavy atom. The Bertz CT molecular complexity index is 2200. The molecule has 0 radical (unpaired) electrons. The van der Waals surface area contributed by atoms with Gasteiger partial charge in [-0.3, -0.25) is 39.1 Å². The number of ketones is 2. The van der Waals surface area contributed by atoms with Gasteiger partial charge in [-0.05, 0) is 73.5 Å². The molecule has 0 aromatic heterocycles. The molecule has 0 saturated carbocycles. The Hall–Kier alpha value is -6.08. The molecule has 0 atom stereocenters. The normalized spacial score (nSPS) is 12.1. The summed E-state index contributed by atoms with van der Waals surface area (Å²) in [6.07, 6.45) is 0. The minimum atomic E-state index is -5.11. The zero-order valence-electron chi connectivity index (χ0n) is 28.0. The van der Waals surface area contributed by atoms with E-state index in [1.165, 1.54) is 26.0 Å². The van der Waals surface area contributed by atoms with Gasteiger partial charge in [0.1, 0.15) is 9.79 Å². The topological polar surface area (TPSA) is 250 Å². The van der Waals surface area contributed by atoms with E-state index >= 15 is 0 Å². The number of carbonyl (C=O) groups is 4. The van der Waals surface area contributed by atoms with Crippen molar-refractivity contribution in [3.63, 3.8) is 0 Å². The van der Waals surface area contributed by atoms with Crippen LogP contribution in [0.2, 0.25) is 0 Å². The third-order valence-electron chi connectivity index (χ3n) is 7.24. The summed E-state index contributed by atoms with van der Waals surface area (Å²) in [6, 6.07) is 20.6. The van der Waals surface area contributed by atoms with Crippen LogP contribution < -0.4 is 21.5 Å². The van der Waals surface area contributed by atoms with Gasteiger partial charge in [0.25, 0.3) is 32.1 Å². The molecule has 0 bridgehead atoms. The summed E-state index contributed by atoms with van der Waals surface area (Å²) < 4.78 is 71.1. The van der Waals surface area contributed by atoms with Crippen LogP contribution in [0, 0.1) is 13.8 Å². The molecule has 16 nitrogen and oxygen atoms in total. The Morgan fingerprint density at radius 3 is 1.17 bits per heavy atom. The fraction of sp³-hybridized carbons (Fsp3) is 0.118. The Labute approximate surface area is 298 Å². The first kappa shape index (κ1) is 38.7. The number of nitrogens with one attached hydrogen (secondary N) is 4. The molecule has 4 rings (SSSR count). The van der Waals surface area contributed by atoms with E-state index in [4.69, 9.17) is 0 Å². The molecule has 0 heterocycles. The first-order chi connectivity index (χ1) is 24.4. The van der Waals surface area contributed by atoms with E-state index in [2.05, 4.69) is 31.7 Å². The highest BCUT2D eigenvalue weighted by molar-refractivity contribution is 7.86. The zero-order valence-corrected chi connectivity index (χ0v) is 29.6. The number of rotatable bonds is 13. The van der Waals surface area contributed by atoms with Gasteiger partial charge in [0, 0.05) is 36.3 Å². The fourth-order valence-corrected chi connectivity index (χ4v) is 6.13. The minimum Gasteiger partial charge on any atom is -0.320 e. The zero-order chi connectivity index (χ0) is 38.4. The second-order valence-electron chi connectivity index (χ2n) is 11.2. The molecule has 6 N–H and O–H groups in total. The number of amides is 2. The number of para-hydroxylation sites is 2. The highest BCUT2D eigenvalue weighted by Crippen LogP contribution is 2.38. The van der Waals surface area contributed by atoms with Crippen LogP contribution in [-0.4, -0.2) is 60.7 Å². The molecule has 0 spiro atoms. The summed E-state index contributed by atoms with van der Waals surface area (Å²) in [7, 11) is -10.2. The number of carbonyl (C=O) groups excluding carboxylic acids is 4. The maximum absolute atomic E-state index is 12.8. The molecule has 0 aliphatic carbocycles. The first-order valence-corrected chi connectivity index (χ1v) is 17.9. The second-order valence-corrected chi connectivity index (χ2v) is 14.0. The van der Waals surface area contributed by atoms with Gasteiger partial charge in [-0.25, -0.2) is 0 Å². The monoisotopic (exact) mass is 748 g/mol. The van der Waals surface area contributed by atoms with Gasteiger partial charge < -0.3 is 10.6 Å². The molecule has 4 aromatic carbocycles. The molecule has 18 heteroatoms. The summed E-state index contributed by atoms with van der Waals surface area (Å²) in [5.41, 5.74) is 4.04. The number of aryl methyl sites for hydroxylation is 2. The number of benzene rings is 4. The number of anilines is 4. The van der Waals surface area contributed by atoms with Crippen LogP contribution >= 0.6 is 0 Å². The highest BCUT2D eigenvalue weighted by Gasteiger charge is 2.27. The van der Waals surface area contributed by atoms with Crippen molar-refractivity contribution in [2.24, 2.45) is 10.2 Å². The lowest BCUT2D eigenvalue weighted by molar-refractivity contribution is -0.116. The number of hydrazone groups is 2. The van der Waals surface area contributed by atoms with Crippen molar-refractivity contribution in [3.8, 4) is 11.1 Å². The molecule has 270 valence electrons. The number of Topliss-reactive ketones (excluding diaryl/α,β-unsaturated/α-hetero) is 2. The summed E-state index contributed by atoms with van der Waals surface area (Å²) >= 11 is 0. The SMILES string of the molecule is CC(=O)C(=NNc1cc(S(=O)(=O)O)c(-c2cc(C)c(NN=C(C(C)=O)C(=O)Nc3ccccc3)cc2S(=O)(=O)O)cc1C)C(=O)Nc1ccccc1. The maximum atomic E-state index is 12.8. The van der Waals surface area contributed by atoms with Gasteiger partial charge in [-0.1, -0.05) is 36.4 Å². The predicted octanol–water partition coefficient (Wildman–Crippen LogP) is 4.46. The van der Waals surface area contributed by atoms with Gasteiger partial charge in [-0.2, -0.15) is 27.0 Å². The fourth-order valence-electron chi connectivity index (χ4n) is 4.70. The summed E-state index contributed by atoms with van der Waals surface area (Å²) in [5, 5.41) is 12.7. The van der Waals surface area contributed by atoms with Gasteiger partial charge >= 0.3 is 0 Å². The number of hydrogen-bond donors (Lipinski definition) is 6. The third-order valence-corrected chi connectivity index (χ3v) is 9.02. The molecule has 0 aliphatic rings. The van der Waals surface area contributed by atoms with Gasteiger partial charge in [-0.15, -0.1) is 0 Å². The molecule has 0 fully saturated rings. The Balaban J connectivity index is 1.76. The Morgan fingerprint density at radius 1 is 0.558 bits per heavy atom. The smallest absolute Gasteiger partial charge is 0.295 e. The molecule has 0 unspecified atom stereocenters. The van der Waals surface area contributed by atoms with Crippen LogP contribution in [-0.2, 0) is 39.4 Å². The predicted molar refractivity (Wildman–Crippen MR) is 195 cm³/mol. The van der Waals surface area contributed by atoms with Crippen molar-refractivity contribution in [1.29, 1.82) is 0 Å². The van der Waals surface area contributed by atoms with E-state index < -0.39 is 64.8 Å². The van der Waals surface area contributed by atoms with Gasteiger partial charge in [0.05, 0.1) is 11.4 Å². The molecular formula is C34H32N6O10S2. The first-order valence-electron chi connectivity index (χ1n) is 15.0. The van der Waals surface area contributed by atoms with E-state index in [9.17, 15) is 45.1 Å². The number of hydrogen-bond acceptors (Lipinski definition) is 12. The van der Waals surface area contributed by atoms with E-state index in [1.54, 1.807) is 60.7 Å². The summed E-state index contributed by atoms with van der Waals surface area (Å²) in [5.74, 6) is -3.20. The summed E-state index contributed by atoms with van der Waals surface area (Å²) in [6.45, 7) is 5.10. The van der Waals surface area contributed by atoms with Crippen molar-refractivity contribution in [2.45, 2.75) is 37.5 Å². The largest absolute Gasteiger partial charge is 0.320 e. The molecule has 52 heavy (non-hydrogen) atoms. The minimum absolute atomic E-state index is 0.0917. The highest BCUT2D eigenvalue weighted by atomic mass is 32.2. The standard InChI is InChI=1S/C34H32N6O10S2/c1-19-15-25(29(51(45,46)47)17-27(19)37-39-31(21(3)41)33(43)35-23-11-7-5-8-12-23)26-16-20(2)28(18-30(26)52(48,49)50)38-40-32(22(4)42)34(44)36-24-13-9-6-10-14-24/h5-18,37-38H,1-4H3,(H,35,43)(H,36,44)(H,45,46,47)(H,48,49,50). The van der Waals surface area contributed by atoms with Crippen molar-refractivity contribution >= 4 is 77.8 Å². The average Bonchev–Trinajstić information content (AvgIpc) is 3.05. The van der Waals surface area contributed by atoms with Crippen LogP contribution in [0.3, 0.4) is 0 Å².